The largest absolute Gasteiger partial charge is 0.354 e. The number of halogens is 1. The van der Waals surface area contributed by atoms with Crippen LogP contribution in [0.25, 0.3) is 0 Å². The molecular formula is C13H15BrN4OS. The van der Waals surface area contributed by atoms with Crippen LogP contribution in [0.5, 0.6) is 0 Å². The van der Waals surface area contributed by atoms with Crippen LogP contribution in [0, 0.1) is 0 Å². The van der Waals surface area contributed by atoms with Gasteiger partial charge in [0.2, 0.25) is 11.9 Å². The standard InChI is InChI=1S/C13H15BrN4OS/c1-18(8-11-7-10(14)9-20-11)12(19)3-6-17-13-15-4-2-5-16-13/h2,4-5,7,9H,3,6,8H2,1H3,(H,15,16,17). The monoisotopic (exact) mass is 354 g/mol. The van der Waals surface area contributed by atoms with Gasteiger partial charge in [-0.05, 0) is 28.1 Å². The zero-order valence-electron chi connectivity index (χ0n) is 11.0. The summed E-state index contributed by atoms with van der Waals surface area (Å²) in [4.78, 5) is 23.0. The molecule has 0 radical (unpaired) electrons. The number of anilines is 1. The fourth-order valence-electron chi connectivity index (χ4n) is 1.62. The third-order valence-corrected chi connectivity index (χ3v) is 4.31. The molecule has 0 bridgehead atoms. The quantitative estimate of drug-likeness (QED) is 0.866. The Morgan fingerprint density at radius 3 is 2.85 bits per heavy atom. The first-order chi connectivity index (χ1) is 9.65. The van der Waals surface area contributed by atoms with Gasteiger partial charge in [0.05, 0.1) is 6.54 Å². The second-order valence-corrected chi connectivity index (χ2v) is 6.14. The summed E-state index contributed by atoms with van der Waals surface area (Å²) in [5.41, 5.74) is 0. The van der Waals surface area contributed by atoms with Gasteiger partial charge in [-0.15, -0.1) is 11.3 Å². The minimum Gasteiger partial charge on any atom is -0.354 e. The third kappa shape index (κ3) is 4.57. The van der Waals surface area contributed by atoms with E-state index in [9.17, 15) is 4.79 Å². The van der Waals surface area contributed by atoms with Crippen molar-refractivity contribution >= 4 is 39.1 Å². The van der Waals surface area contributed by atoms with Crippen LogP contribution < -0.4 is 5.32 Å². The van der Waals surface area contributed by atoms with Gasteiger partial charge in [-0.25, -0.2) is 9.97 Å². The lowest BCUT2D eigenvalue weighted by molar-refractivity contribution is -0.130. The second-order valence-electron chi connectivity index (χ2n) is 4.23. The van der Waals surface area contributed by atoms with Gasteiger partial charge in [0.15, 0.2) is 0 Å². The second kappa shape index (κ2) is 7.35. The van der Waals surface area contributed by atoms with Gasteiger partial charge in [-0.3, -0.25) is 4.79 Å². The predicted molar refractivity (Wildman–Crippen MR) is 83.6 cm³/mol. The lowest BCUT2D eigenvalue weighted by Gasteiger charge is -2.16. The smallest absolute Gasteiger partial charge is 0.224 e. The molecule has 7 heteroatoms. The molecule has 0 aliphatic carbocycles. The summed E-state index contributed by atoms with van der Waals surface area (Å²) < 4.78 is 1.06. The van der Waals surface area contributed by atoms with Gasteiger partial charge in [-0.2, -0.15) is 0 Å². The van der Waals surface area contributed by atoms with Gasteiger partial charge in [0.1, 0.15) is 0 Å². The van der Waals surface area contributed by atoms with E-state index < -0.39 is 0 Å². The Kier molecular flexibility index (Phi) is 5.49. The predicted octanol–water partition coefficient (Wildman–Crippen LogP) is 2.76. The highest BCUT2D eigenvalue weighted by molar-refractivity contribution is 9.10. The lowest BCUT2D eigenvalue weighted by atomic mass is 10.3. The maximum Gasteiger partial charge on any atom is 0.224 e. The third-order valence-electron chi connectivity index (χ3n) is 2.63. The molecule has 0 saturated carbocycles. The highest BCUT2D eigenvalue weighted by Crippen LogP contribution is 2.20. The van der Waals surface area contributed by atoms with E-state index in [1.54, 1.807) is 34.7 Å². The molecule has 2 heterocycles. The molecule has 2 aromatic rings. The summed E-state index contributed by atoms with van der Waals surface area (Å²) in [6.07, 6.45) is 3.75. The Bertz CT molecular complexity index is 561. The normalized spacial score (nSPS) is 10.3. The van der Waals surface area contributed by atoms with E-state index in [1.807, 2.05) is 18.5 Å². The van der Waals surface area contributed by atoms with Crippen LogP contribution >= 0.6 is 27.3 Å². The van der Waals surface area contributed by atoms with Crippen LogP contribution in [-0.2, 0) is 11.3 Å². The van der Waals surface area contributed by atoms with Crippen LogP contribution in [0.4, 0.5) is 5.95 Å². The van der Waals surface area contributed by atoms with E-state index in [2.05, 4.69) is 31.2 Å². The first-order valence-electron chi connectivity index (χ1n) is 6.13. The van der Waals surface area contributed by atoms with Crippen LogP contribution in [0.1, 0.15) is 11.3 Å². The van der Waals surface area contributed by atoms with Crippen molar-refractivity contribution in [1.82, 2.24) is 14.9 Å². The number of carbonyl (C=O) groups excluding carboxylic acids is 1. The highest BCUT2D eigenvalue weighted by Gasteiger charge is 2.10. The number of aromatic nitrogens is 2. The summed E-state index contributed by atoms with van der Waals surface area (Å²) in [5.74, 6) is 0.642. The van der Waals surface area contributed by atoms with E-state index in [4.69, 9.17) is 0 Å². The molecule has 0 aliphatic rings. The molecule has 2 aromatic heterocycles. The molecule has 0 saturated heterocycles. The molecule has 0 spiro atoms. The summed E-state index contributed by atoms with van der Waals surface area (Å²) in [5, 5.41) is 5.04. The summed E-state index contributed by atoms with van der Waals surface area (Å²) in [6, 6.07) is 3.79. The van der Waals surface area contributed by atoms with Gasteiger partial charge in [0.25, 0.3) is 0 Å². The van der Waals surface area contributed by atoms with Crippen molar-refractivity contribution in [2.24, 2.45) is 0 Å². The van der Waals surface area contributed by atoms with Crippen molar-refractivity contribution in [3.8, 4) is 0 Å². The Hall–Kier alpha value is -1.47. The molecule has 0 atom stereocenters. The van der Waals surface area contributed by atoms with Gasteiger partial charge in [-0.1, -0.05) is 0 Å². The average Bonchev–Trinajstić information content (AvgIpc) is 2.85. The summed E-state index contributed by atoms with van der Waals surface area (Å²) >= 11 is 5.05. The molecule has 2 rings (SSSR count). The van der Waals surface area contributed by atoms with E-state index >= 15 is 0 Å². The number of nitrogens with zero attached hydrogens (tertiary/aromatic N) is 3. The molecule has 0 aromatic carbocycles. The van der Waals surface area contributed by atoms with Crippen molar-refractivity contribution in [1.29, 1.82) is 0 Å². The van der Waals surface area contributed by atoms with Gasteiger partial charge in [0, 0.05) is 47.1 Å². The molecule has 1 amide bonds. The maximum absolute atomic E-state index is 12.0. The lowest BCUT2D eigenvalue weighted by Crippen LogP contribution is -2.27. The topological polar surface area (TPSA) is 58.1 Å². The summed E-state index contributed by atoms with van der Waals surface area (Å²) in [6.45, 7) is 1.16. The molecule has 5 nitrogen and oxygen atoms in total. The number of hydrogen-bond acceptors (Lipinski definition) is 5. The first-order valence-corrected chi connectivity index (χ1v) is 7.80. The van der Waals surface area contributed by atoms with Crippen LogP contribution in [0.15, 0.2) is 34.4 Å². The first kappa shape index (κ1) is 14.9. The Balaban J connectivity index is 1.74. The number of carbonyl (C=O) groups is 1. The van der Waals surface area contributed by atoms with E-state index in [0.29, 0.717) is 25.5 Å². The van der Waals surface area contributed by atoms with Crippen LogP contribution in [0.3, 0.4) is 0 Å². The summed E-state index contributed by atoms with van der Waals surface area (Å²) in [7, 11) is 1.81. The van der Waals surface area contributed by atoms with Crippen molar-refractivity contribution in [3.63, 3.8) is 0 Å². The molecule has 0 unspecified atom stereocenters. The van der Waals surface area contributed by atoms with Crippen molar-refractivity contribution in [2.75, 3.05) is 18.9 Å². The van der Waals surface area contributed by atoms with Gasteiger partial charge >= 0.3 is 0 Å². The molecular weight excluding hydrogens is 340 g/mol. The molecule has 20 heavy (non-hydrogen) atoms. The van der Waals surface area contributed by atoms with E-state index in [1.165, 1.54) is 0 Å². The Labute approximate surface area is 130 Å². The van der Waals surface area contributed by atoms with Crippen molar-refractivity contribution in [3.05, 3.63) is 39.3 Å². The Morgan fingerprint density at radius 1 is 1.45 bits per heavy atom. The molecule has 106 valence electrons. The Morgan fingerprint density at radius 2 is 2.20 bits per heavy atom. The zero-order valence-corrected chi connectivity index (χ0v) is 13.4. The number of hydrogen-bond donors (Lipinski definition) is 1. The van der Waals surface area contributed by atoms with Crippen LogP contribution in [0.2, 0.25) is 0 Å². The zero-order chi connectivity index (χ0) is 14.4. The minimum atomic E-state index is 0.0953. The van der Waals surface area contributed by atoms with E-state index in [-0.39, 0.29) is 5.91 Å². The van der Waals surface area contributed by atoms with Crippen molar-refractivity contribution < 1.29 is 4.79 Å². The maximum atomic E-state index is 12.0. The number of rotatable bonds is 6. The number of nitrogens with one attached hydrogen (secondary N) is 1. The number of amides is 1. The van der Waals surface area contributed by atoms with E-state index in [0.717, 1.165) is 9.35 Å². The fourth-order valence-corrected chi connectivity index (χ4v) is 3.12. The minimum absolute atomic E-state index is 0.0953. The molecule has 0 fully saturated rings. The highest BCUT2D eigenvalue weighted by atomic mass is 79.9. The average molecular weight is 355 g/mol. The molecule has 0 aliphatic heterocycles. The SMILES string of the molecule is CN(Cc1cc(Br)cs1)C(=O)CCNc1ncccn1. The van der Waals surface area contributed by atoms with Crippen molar-refractivity contribution in [2.45, 2.75) is 13.0 Å². The fraction of sp³-hybridized carbons (Fsp3) is 0.308. The number of thiophene rings is 1. The van der Waals surface area contributed by atoms with Crippen LogP contribution in [-0.4, -0.2) is 34.4 Å². The molecule has 1 N–H and O–H groups in total. The van der Waals surface area contributed by atoms with Gasteiger partial charge < -0.3 is 10.2 Å².